The monoisotopic (exact) mass is 358 g/mol. The van der Waals surface area contributed by atoms with Crippen LogP contribution < -0.4 is 9.46 Å². The van der Waals surface area contributed by atoms with E-state index < -0.39 is 16.0 Å². The van der Waals surface area contributed by atoms with E-state index in [0.717, 1.165) is 11.5 Å². The average Bonchev–Trinajstić information content (AvgIpc) is 2.61. The first-order chi connectivity index (χ1) is 11.9. The fourth-order valence-electron chi connectivity index (χ4n) is 2.41. The number of methoxy groups -OCH3 is 1. The molecule has 25 heavy (non-hydrogen) atoms. The van der Waals surface area contributed by atoms with Crippen LogP contribution in [0.3, 0.4) is 0 Å². The number of benzene rings is 2. The second-order valence-corrected chi connectivity index (χ2v) is 6.81. The SMILES string of the molecule is COc1ccc(C(=O)O)cc1S(=O)(=O)Nc1cccc2cccnc12. The van der Waals surface area contributed by atoms with E-state index in [-0.39, 0.29) is 16.2 Å². The summed E-state index contributed by atoms with van der Waals surface area (Å²) in [7, 11) is -2.77. The number of pyridine rings is 1. The molecule has 0 aliphatic rings. The summed E-state index contributed by atoms with van der Waals surface area (Å²) in [5.41, 5.74) is 0.625. The summed E-state index contributed by atoms with van der Waals surface area (Å²) in [6.45, 7) is 0. The molecule has 0 atom stereocenters. The molecular weight excluding hydrogens is 344 g/mol. The number of fused-ring (bicyclic) bond motifs is 1. The van der Waals surface area contributed by atoms with Gasteiger partial charge in [-0.3, -0.25) is 9.71 Å². The Kier molecular flexibility index (Phi) is 4.28. The zero-order chi connectivity index (χ0) is 18.0. The number of aromatic carboxylic acids is 1. The summed E-state index contributed by atoms with van der Waals surface area (Å²) < 4.78 is 33.1. The Bertz CT molecular complexity index is 1060. The summed E-state index contributed by atoms with van der Waals surface area (Å²) in [5.74, 6) is -1.18. The maximum Gasteiger partial charge on any atom is 0.335 e. The Labute approximate surface area is 143 Å². The predicted molar refractivity (Wildman–Crippen MR) is 92.5 cm³/mol. The van der Waals surface area contributed by atoms with Gasteiger partial charge in [-0.25, -0.2) is 13.2 Å². The minimum atomic E-state index is -4.08. The Morgan fingerprint density at radius 1 is 1.16 bits per heavy atom. The van der Waals surface area contributed by atoms with Crippen LogP contribution in [0.15, 0.2) is 59.6 Å². The van der Waals surface area contributed by atoms with Crippen molar-refractivity contribution >= 4 is 32.6 Å². The molecular formula is C17H14N2O5S. The second kappa shape index (κ2) is 6.40. The lowest BCUT2D eigenvalue weighted by Crippen LogP contribution is -2.15. The molecule has 128 valence electrons. The van der Waals surface area contributed by atoms with Crippen LogP contribution in [-0.2, 0) is 10.0 Å². The highest BCUT2D eigenvalue weighted by atomic mass is 32.2. The van der Waals surface area contributed by atoms with Crippen molar-refractivity contribution in [3.63, 3.8) is 0 Å². The van der Waals surface area contributed by atoms with Gasteiger partial charge in [-0.2, -0.15) is 0 Å². The number of rotatable bonds is 5. The van der Waals surface area contributed by atoms with Crippen molar-refractivity contribution in [3.05, 3.63) is 60.3 Å². The van der Waals surface area contributed by atoms with E-state index in [1.54, 1.807) is 24.4 Å². The Morgan fingerprint density at radius 2 is 1.92 bits per heavy atom. The van der Waals surface area contributed by atoms with Gasteiger partial charge in [0.1, 0.15) is 10.6 Å². The minimum absolute atomic E-state index is 0.0469. The van der Waals surface area contributed by atoms with Gasteiger partial charge in [0.2, 0.25) is 0 Å². The molecule has 0 aliphatic heterocycles. The number of para-hydroxylation sites is 1. The highest BCUT2D eigenvalue weighted by Gasteiger charge is 2.22. The standard InChI is InChI=1S/C17H14N2O5S/c1-24-14-8-7-12(17(20)21)10-15(14)25(22,23)19-13-6-2-4-11-5-3-9-18-16(11)13/h2-10,19H,1H3,(H,20,21). The number of carbonyl (C=O) groups is 1. The quantitative estimate of drug-likeness (QED) is 0.726. The molecule has 0 saturated carbocycles. The van der Waals surface area contributed by atoms with Gasteiger partial charge in [-0.15, -0.1) is 0 Å². The van der Waals surface area contributed by atoms with E-state index in [1.807, 2.05) is 12.1 Å². The van der Waals surface area contributed by atoms with Crippen molar-refractivity contribution in [2.45, 2.75) is 4.90 Å². The Hall–Kier alpha value is -3.13. The number of carboxylic acid groups (broad SMARTS) is 1. The van der Waals surface area contributed by atoms with Gasteiger partial charge in [-0.05, 0) is 30.3 Å². The third-order valence-corrected chi connectivity index (χ3v) is 4.96. The van der Waals surface area contributed by atoms with Crippen molar-refractivity contribution in [2.24, 2.45) is 0 Å². The van der Waals surface area contributed by atoms with Crippen molar-refractivity contribution < 1.29 is 23.1 Å². The van der Waals surface area contributed by atoms with Crippen LogP contribution in [0.2, 0.25) is 0 Å². The van der Waals surface area contributed by atoms with Crippen LogP contribution in [0.5, 0.6) is 5.75 Å². The number of hydrogen-bond donors (Lipinski definition) is 2. The molecule has 1 heterocycles. The van der Waals surface area contributed by atoms with Gasteiger partial charge in [0, 0.05) is 11.6 Å². The lowest BCUT2D eigenvalue weighted by Gasteiger charge is -2.13. The summed E-state index contributed by atoms with van der Waals surface area (Å²) in [6, 6.07) is 12.3. The molecule has 7 nitrogen and oxygen atoms in total. The molecule has 3 aromatic rings. The van der Waals surface area contributed by atoms with Gasteiger partial charge < -0.3 is 9.84 Å². The van der Waals surface area contributed by atoms with Gasteiger partial charge in [0.15, 0.2) is 0 Å². The van der Waals surface area contributed by atoms with E-state index in [9.17, 15) is 13.2 Å². The third kappa shape index (κ3) is 3.24. The lowest BCUT2D eigenvalue weighted by molar-refractivity contribution is 0.0696. The summed E-state index contributed by atoms with van der Waals surface area (Å²) >= 11 is 0. The summed E-state index contributed by atoms with van der Waals surface area (Å²) in [4.78, 5) is 15.1. The molecule has 0 bridgehead atoms. The average molecular weight is 358 g/mol. The second-order valence-electron chi connectivity index (χ2n) is 5.16. The fourth-order valence-corrected chi connectivity index (χ4v) is 3.67. The molecule has 0 fully saturated rings. The first kappa shape index (κ1) is 16.7. The van der Waals surface area contributed by atoms with Crippen molar-refractivity contribution in [1.82, 2.24) is 4.98 Å². The fraction of sp³-hybridized carbons (Fsp3) is 0.0588. The van der Waals surface area contributed by atoms with Crippen LogP contribution in [-0.4, -0.2) is 31.6 Å². The Morgan fingerprint density at radius 3 is 2.64 bits per heavy atom. The smallest absolute Gasteiger partial charge is 0.335 e. The molecule has 0 aliphatic carbocycles. The van der Waals surface area contributed by atoms with Crippen LogP contribution >= 0.6 is 0 Å². The van der Waals surface area contributed by atoms with Gasteiger partial charge in [0.05, 0.1) is 23.9 Å². The van der Waals surface area contributed by atoms with E-state index in [1.165, 1.54) is 19.2 Å². The molecule has 2 aromatic carbocycles. The summed E-state index contributed by atoms with van der Waals surface area (Å²) in [6.07, 6.45) is 1.56. The number of sulfonamides is 1. The van der Waals surface area contributed by atoms with Crippen LogP contribution in [0.4, 0.5) is 5.69 Å². The molecule has 3 rings (SSSR count). The molecule has 0 saturated heterocycles. The zero-order valence-electron chi connectivity index (χ0n) is 13.1. The topological polar surface area (TPSA) is 106 Å². The molecule has 0 spiro atoms. The Balaban J connectivity index is 2.10. The normalized spacial score (nSPS) is 11.2. The molecule has 0 unspecified atom stereocenters. The van der Waals surface area contributed by atoms with E-state index in [2.05, 4.69) is 9.71 Å². The lowest BCUT2D eigenvalue weighted by atomic mass is 10.2. The van der Waals surface area contributed by atoms with Crippen LogP contribution in [0, 0.1) is 0 Å². The van der Waals surface area contributed by atoms with Crippen molar-refractivity contribution in [3.8, 4) is 5.75 Å². The van der Waals surface area contributed by atoms with E-state index in [0.29, 0.717) is 11.2 Å². The predicted octanol–water partition coefficient (Wildman–Crippen LogP) is 2.74. The number of carboxylic acids is 1. The first-order valence-electron chi connectivity index (χ1n) is 7.20. The molecule has 8 heteroatoms. The summed E-state index contributed by atoms with van der Waals surface area (Å²) in [5, 5.41) is 9.88. The number of anilines is 1. The number of aromatic nitrogens is 1. The molecule has 2 N–H and O–H groups in total. The zero-order valence-corrected chi connectivity index (χ0v) is 13.9. The van der Waals surface area contributed by atoms with Crippen LogP contribution in [0.25, 0.3) is 10.9 Å². The van der Waals surface area contributed by atoms with Gasteiger partial charge in [-0.1, -0.05) is 18.2 Å². The van der Waals surface area contributed by atoms with Gasteiger partial charge in [0.25, 0.3) is 10.0 Å². The van der Waals surface area contributed by atoms with Crippen molar-refractivity contribution in [1.29, 1.82) is 0 Å². The first-order valence-corrected chi connectivity index (χ1v) is 8.68. The number of nitrogens with one attached hydrogen (secondary N) is 1. The number of hydrogen-bond acceptors (Lipinski definition) is 5. The number of ether oxygens (including phenoxy) is 1. The maximum absolute atomic E-state index is 12.8. The largest absolute Gasteiger partial charge is 0.495 e. The van der Waals surface area contributed by atoms with Crippen molar-refractivity contribution in [2.75, 3.05) is 11.8 Å². The molecule has 0 amide bonds. The van der Waals surface area contributed by atoms with Gasteiger partial charge >= 0.3 is 5.97 Å². The maximum atomic E-state index is 12.8. The van der Waals surface area contributed by atoms with E-state index in [4.69, 9.17) is 9.84 Å². The highest BCUT2D eigenvalue weighted by molar-refractivity contribution is 7.92. The highest BCUT2D eigenvalue weighted by Crippen LogP contribution is 2.29. The third-order valence-electron chi connectivity index (χ3n) is 3.58. The minimum Gasteiger partial charge on any atom is -0.495 e. The molecule has 0 radical (unpaired) electrons. The van der Waals surface area contributed by atoms with E-state index >= 15 is 0 Å². The molecule has 1 aromatic heterocycles. The van der Waals surface area contributed by atoms with Crippen LogP contribution in [0.1, 0.15) is 10.4 Å². The number of nitrogens with zero attached hydrogens (tertiary/aromatic N) is 1.